The average Bonchev–Trinajstić information content (AvgIpc) is 2.90. The first kappa shape index (κ1) is 24.7. The van der Waals surface area contributed by atoms with Crippen LogP contribution in [-0.2, 0) is 0 Å². The van der Waals surface area contributed by atoms with E-state index in [4.69, 9.17) is 0 Å². The van der Waals surface area contributed by atoms with Gasteiger partial charge in [0.2, 0.25) is 0 Å². The number of nitro groups is 2. The molecule has 0 fully saturated rings. The van der Waals surface area contributed by atoms with Gasteiger partial charge in [0, 0.05) is 23.5 Å². The normalized spacial score (nSPS) is 10.4. The average molecular weight is 496 g/mol. The fourth-order valence-corrected chi connectivity index (χ4v) is 3.77. The van der Waals surface area contributed by atoms with Gasteiger partial charge in [-0.05, 0) is 60.0 Å². The summed E-state index contributed by atoms with van der Waals surface area (Å²) < 4.78 is 0. The van der Waals surface area contributed by atoms with Crippen LogP contribution in [0.5, 0.6) is 0 Å². The minimum absolute atomic E-state index is 0.0329. The summed E-state index contributed by atoms with van der Waals surface area (Å²) in [7, 11) is 0. The van der Waals surface area contributed by atoms with E-state index in [1.807, 2.05) is 6.07 Å². The van der Waals surface area contributed by atoms with Crippen LogP contribution in [0.2, 0.25) is 0 Å². The lowest BCUT2D eigenvalue weighted by atomic mass is 10.0. The highest BCUT2D eigenvalue weighted by molar-refractivity contribution is 6.08. The molecule has 0 saturated heterocycles. The van der Waals surface area contributed by atoms with Crippen molar-refractivity contribution in [3.05, 3.63) is 128 Å². The van der Waals surface area contributed by atoms with E-state index >= 15 is 0 Å². The van der Waals surface area contributed by atoms with Crippen LogP contribution >= 0.6 is 0 Å². The zero-order valence-electron chi connectivity index (χ0n) is 19.5. The van der Waals surface area contributed by atoms with E-state index in [1.165, 1.54) is 36.4 Å². The lowest BCUT2D eigenvalue weighted by molar-refractivity contribution is -0.385. The van der Waals surface area contributed by atoms with Crippen LogP contribution in [0.25, 0.3) is 11.1 Å². The molecule has 10 heteroatoms. The third-order valence-corrected chi connectivity index (χ3v) is 5.64. The lowest BCUT2D eigenvalue weighted by Crippen LogP contribution is -2.14. The van der Waals surface area contributed by atoms with Gasteiger partial charge in [-0.15, -0.1) is 0 Å². The Balaban J connectivity index is 1.48. The molecule has 0 aliphatic heterocycles. The van der Waals surface area contributed by atoms with Gasteiger partial charge in [0.15, 0.2) is 0 Å². The van der Waals surface area contributed by atoms with Crippen molar-refractivity contribution in [2.45, 2.75) is 6.92 Å². The van der Waals surface area contributed by atoms with Crippen molar-refractivity contribution in [1.29, 1.82) is 0 Å². The molecular weight excluding hydrogens is 476 g/mol. The summed E-state index contributed by atoms with van der Waals surface area (Å²) in [6, 6.07) is 23.7. The number of amides is 2. The van der Waals surface area contributed by atoms with Gasteiger partial charge >= 0.3 is 0 Å². The number of anilines is 2. The Bertz CT molecular complexity index is 1530. The molecule has 184 valence electrons. The van der Waals surface area contributed by atoms with Gasteiger partial charge in [0.25, 0.3) is 23.2 Å². The molecule has 0 aliphatic rings. The number of hydrogen-bond donors (Lipinski definition) is 2. The number of rotatable bonds is 7. The van der Waals surface area contributed by atoms with Crippen molar-refractivity contribution < 1.29 is 19.4 Å². The minimum Gasteiger partial charge on any atom is -0.322 e. The Hall–Kier alpha value is -5.38. The smallest absolute Gasteiger partial charge is 0.282 e. The molecule has 0 unspecified atom stereocenters. The number of nitro benzene ring substituents is 2. The fraction of sp³-hybridized carbons (Fsp3) is 0.0370. The van der Waals surface area contributed by atoms with E-state index in [2.05, 4.69) is 10.6 Å². The third-order valence-electron chi connectivity index (χ3n) is 5.64. The molecule has 37 heavy (non-hydrogen) atoms. The topological polar surface area (TPSA) is 144 Å². The highest BCUT2D eigenvalue weighted by atomic mass is 16.6. The molecule has 0 atom stereocenters. The summed E-state index contributed by atoms with van der Waals surface area (Å²) in [6.07, 6.45) is 0. The van der Waals surface area contributed by atoms with Crippen LogP contribution in [0.4, 0.5) is 22.7 Å². The third kappa shape index (κ3) is 5.49. The maximum absolute atomic E-state index is 12.6. The number of nitrogens with zero attached hydrogens (tertiary/aromatic N) is 2. The molecule has 0 radical (unpaired) electrons. The second-order valence-electron chi connectivity index (χ2n) is 8.06. The summed E-state index contributed by atoms with van der Waals surface area (Å²) in [5, 5.41) is 27.8. The molecular formula is C27H20N4O6. The predicted octanol–water partition coefficient (Wildman–Crippen LogP) is 5.98. The first-order chi connectivity index (χ1) is 17.7. The highest BCUT2D eigenvalue weighted by Crippen LogP contribution is 2.28. The summed E-state index contributed by atoms with van der Waals surface area (Å²) in [6.45, 7) is 1.81. The first-order valence-electron chi connectivity index (χ1n) is 11.0. The van der Waals surface area contributed by atoms with Crippen molar-refractivity contribution in [3.8, 4) is 11.1 Å². The SMILES string of the molecule is Cc1cc(-c2ccc(NC(=O)c3ccccc3[N+](=O)[O-])cc2)ccc1NC(=O)c1ccccc1[N+](=O)[O-]. The van der Waals surface area contributed by atoms with Gasteiger partial charge in [-0.1, -0.05) is 42.5 Å². The van der Waals surface area contributed by atoms with Gasteiger partial charge in [0.1, 0.15) is 11.1 Å². The Labute approximate surface area is 210 Å². The Morgan fingerprint density at radius 2 is 1.14 bits per heavy atom. The molecule has 2 N–H and O–H groups in total. The Morgan fingerprint density at radius 3 is 1.65 bits per heavy atom. The van der Waals surface area contributed by atoms with Gasteiger partial charge in [-0.2, -0.15) is 0 Å². The Kier molecular flexibility index (Phi) is 7.01. The van der Waals surface area contributed by atoms with Crippen molar-refractivity contribution in [1.82, 2.24) is 0 Å². The van der Waals surface area contributed by atoms with E-state index in [-0.39, 0.29) is 22.5 Å². The van der Waals surface area contributed by atoms with Gasteiger partial charge in [0.05, 0.1) is 9.85 Å². The van der Waals surface area contributed by atoms with E-state index in [1.54, 1.807) is 55.5 Å². The number of benzene rings is 4. The van der Waals surface area contributed by atoms with E-state index in [0.29, 0.717) is 11.4 Å². The second-order valence-corrected chi connectivity index (χ2v) is 8.06. The number of carbonyl (C=O) groups excluding carboxylic acids is 2. The van der Waals surface area contributed by atoms with Crippen molar-refractivity contribution >= 4 is 34.6 Å². The van der Waals surface area contributed by atoms with Gasteiger partial charge < -0.3 is 10.6 Å². The second kappa shape index (κ2) is 10.5. The molecule has 4 aromatic rings. The fourth-order valence-electron chi connectivity index (χ4n) is 3.77. The van der Waals surface area contributed by atoms with Gasteiger partial charge in [-0.25, -0.2) is 0 Å². The van der Waals surface area contributed by atoms with Crippen molar-refractivity contribution in [3.63, 3.8) is 0 Å². The maximum atomic E-state index is 12.6. The van der Waals surface area contributed by atoms with Crippen LogP contribution in [0.15, 0.2) is 91.0 Å². The van der Waals surface area contributed by atoms with Crippen LogP contribution in [0.3, 0.4) is 0 Å². The van der Waals surface area contributed by atoms with E-state index in [0.717, 1.165) is 16.7 Å². The van der Waals surface area contributed by atoms with Crippen LogP contribution in [-0.4, -0.2) is 21.7 Å². The highest BCUT2D eigenvalue weighted by Gasteiger charge is 2.20. The van der Waals surface area contributed by atoms with Crippen LogP contribution < -0.4 is 10.6 Å². The first-order valence-corrected chi connectivity index (χ1v) is 11.0. The molecule has 0 aromatic heterocycles. The van der Waals surface area contributed by atoms with Crippen LogP contribution in [0, 0.1) is 27.2 Å². The number of nitrogens with one attached hydrogen (secondary N) is 2. The maximum Gasteiger partial charge on any atom is 0.282 e. The van der Waals surface area contributed by atoms with Crippen LogP contribution in [0.1, 0.15) is 26.3 Å². The number of hydrogen-bond acceptors (Lipinski definition) is 6. The number of carbonyl (C=O) groups is 2. The Morgan fingerprint density at radius 1 is 0.649 bits per heavy atom. The largest absolute Gasteiger partial charge is 0.322 e. The lowest BCUT2D eigenvalue weighted by Gasteiger charge is -2.11. The molecule has 0 spiro atoms. The summed E-state index contributed by atoms with van der Waals surface area (Å²) in [5.74, 6) is -1.17. The zero-order valence-corrected chi connectivity index (χ0v) is 19.5. The predicted molar refractivity (Wildman–Crippen MR) is 139 cm³/mol. The monoisotopic (exact) mass is 496 g/mol. The molecule has 0 bridgehead atoms. The molecule has 4 aromatic carbocycles. The molecule has 4 rings (SSSR count). The summed E-state index contributed by atoms with van der Waals surface area (Å²) >= 11 is 0. The molecule has 0 aliphatic carbocycles. The van der Waals surface area contributed by atoms with E-state index in [9.17, 15) is 29.8 Å². The quantitative estimate of drug-likeness (QED) is 0.238. The van der Waals surface area contributed by atoms with E-state index < -0.39 is 21.7 Å². The molecule has 0 saturated carbocycles. The van der Waals surface area contributed by atoms with Crippen molar-refractivity contribution in [2.75, 3.05) is 10.6 Å². The number of aryl methyl sites for hydroxylation is 1. The number of para-hydroxylation sites is 2. The van der Waals surface area contributed by atoms with Crippen molar-refractivity contribution in [2.24, 2.45) is 0 Å². The summed E-state index contributed by atoms with van der Waals surface area (Å²) in [4.78, 5) is 46.4. The molecule has 10 nitrogen and oxygen atoms in total. The molecule has 0 heterocycles. The summed E-state index contributed by atoms with van der Waals surface area (Å²) in [5.41, 5.74) is 2.79. The zero-order chi connectivity index (χ0) is 26.5. The molecule has 2 amide bonds. The standard InChI is InChI=1S/C27H20N4O6/c1-17-16-19(12-15-23(17)29-27(33)22-7-3-5-9-25(22)31(36)37)18-10-13-20(14-11-18)28-26(32)21-6-2-4-8-24(21)30(34)35/h2-16H,1H3,(H,28,32)(H,29,33). The minimum atomic E-state index is -0.604. The van der Waals surface area contributed by atoms with Gasteiger partial charge in [-0.3, -0.25) is 29.8 Å².